The molecule has 3 aromatic heterocycles. The van der Waals surface area contributed by atoms with Gasteiger partial charge in [0.2, 0.25) is 17.7 Å². The van der Waals surface area contributed by atoms with E-state index < -0.39 is 56.0 Å². The molecule has 6 N–H and O–H groups in total. The van der Waals surface area contributed by atoms with Gasteiger partial charge in [0, 0.05) is 68.0 Å². The number of hydrogen-bond acceptors (Lipinski definition) is 16. The SMILES string of the molecule is CNC(C)C(=O)NC(C(=O)N1CC(NC(=O)c2cnc(N3CCN(CCCOc4cc5ncnc(Nc6n[nH]c(C)c6C)c5cc4S(=O)(=O)C(C)(C)C)CC3)cn2)CC1C(=O)NC1CCCc2ccccc21)C(C)(C)C. The van der Waals surface area contributed by atoms with Crippen LogP contribution >= 0.6 is 0 Å². The molecular weight excluding hydrogens is 989 g/mol. The van der Waals surface area contributed by atoms with Crippen LogP contribution in [0.15, 0.2) is 60.0 Å². The molecule has 21 nitrogen and oxygen atoms in total. The highest BCUT2D eigenvalue weighted by atomic mass is 32.2. The number of piperazine rings is 1. The molecule has 408 valence electrons. The van der Waals surface area contributed by atoms with E-state index >= 15 is 0 Å². The number of benzene rings is 2. The van der Waals surface area contributed by atoms with Gasteiger partial charge in [-0.2, -0.15) is 5.10 Å². The number of aryl methyl sites for hydroxylation is 2. The van der Waals surface area contributed by atoms with E-state index in [4.69, 9.17) is 4.74 Å². The number of ether oxygens (including phenoxy) is 1. The van der Waals surface area contributed by atoms with Crippen LogP contribution in [0.2, 0.25) is 0 Å². The van der Waals surface area contributed by atoms with Gasteiger partial charge in [0.25, 0.3) is 5.91 Å². The number of rotatable bonds is 17. The van der Waals surface area contributed by atoms with Gasteiger partial charge in [-0.05, 0) is 103 Å². The molecule has 5 aromatic rings. The van der Waals surface area contributed by atoms with Gasteiger partial charge in [-0.15, -0.1) is 0 Å². The van der Waals surface area contributed by atoms with Crippen molar-refractivity contribution in [1.29, 1.82) is 0 Å². The molecule has 8 rings (SSSR count). The molecule has 76 heavy (non-hydrogen) atoms. The second kappa shape index (κ2) is 22.8. The number of anilines is 3. The fraction of sp³-hybridized carbons (Fsp3) is 0.537. The molecule has 3 aliphatic rings. The molecule has 1 aliphatic carbocycles. The number of fused-ring (bicyclic) bond motifs is 2. The Labute approximate surface area is 445 Å². The van der Waals surface area contributed by atoms with E-state index in [9.17, 15) is 27.6 Å². The summed E-state index contributed by atoms with van der Waals surface area (Å²) in [6, 6.07) is 8.12. The first-order valence-electron chi connectivity index (χ1n) is 26.2. The van der Waals surface area contributed by atoms with Gasteiger partial charge in [-0.25, -0.2) is 28.4 Å². The van der Waals surface area contributed by atoms with Crippen LogP contribution in [-0.2, 0) is 30.6 Å². The third-order valence-electron chi connectivity index (χ3n) is 14.9. The number of likely N-dealkylation sites (N-methyl/N-ethyl adjacent to an activating group) is 1. The highest BCUT2D eigenvalue weighted by Crippen LogP contribution is 2.38. The lowest BCUT2D eigenvalue weighted by atomic mass is 9.85. The maximum absolute atomic E-state index is 14.6. The zero-order chi connectivity index (χ0) is 54.7. The largest absolute Gasteiger partial charge is 0.492 e. The maximum atomic E-state index is 14.6. The Bertz CT molecular complexity index is 3040. The Balaban J connectivity index is 0.871. The third kappa shape index (κ3) is 12.2. The molecule has 2 aliphatic heterocycles. The summed E-state index contributed by atoms with van der Waals surface area (Å²) in [4.78, 5) is 79.8. The van der Waals surface area contributed by atoms with Crippen molar-refractivity contribution in [1.82, 2.24) is 61.2 Å². The van der Waals surface area contributed by atoms with Crippen molar-refractivity contribution in [2.45, 2.75) is 134 Å². The number of sulfone groups is 1. The number of carbonyl (C=O) groups is 4. The Morgan fingerprint density at radius 2 is 1.67 bits per heavy atom. The molecule has 0 bridgehead atoms. The van der Waals surface area contributed by atoms with Crippen molar-refractivity contribution in [3.8, 4) is 5.75 Å². The van der Waals surface area contributed by atoms with E-state index in [1.807, 2.05) is 52.8 Å². The summed E-state index contributed by atoms with van der Waals surface area (Å²) < 4.78 is 33.1. The quantitative estimate of drug-likeness (QED) is 0.0690. The minimum Gasteiger partial charge on any atom is -0.492 e. The molecule has 5 atom stereocenters. The zero-order valence-electron chi connectivity index (χ0n) is 45.4. The van der Waals surface area contributed by atoms with Crippen LogP contribution in [0.25, 0.3) is 10.9 Å². The molecule has 2 saturated heterocycles. The first kappa shape index (κ1) is 55.5. The minimum atomic E-state index is -3.85. The normalized spacial score (nSPS) is 19.2. The van der Waals surface area contributed by atoms with Crippen molar-refractivity contribution in [2.24, 2.45) is 5.41 Å². The molecule has 5 unspecified atom stereocenters. The summed E-state index contributed by atoms with van der Waals surface area (Å²) in [6.45, 7) is 20.0. The number of H-pyrrole nitrogens is 1. The predicted octanol–water partition coefficient (Wildman–Crippen LogP) is 4.70. The summed E-state index contributed by atoms with van der Waals surface area (Å²) in [7, 11) is -2.18. The number of hydrogen-bond donors (Lipinski definition) is 6. The van der Waals surface area contributed by atoms with Crippen LogP contribution in [0.5, 0.6) is 5.75 Å². The minimum absolute atomic E-state index is 0.0564. The van der Waals surface area contributed by atoms with Crippen LogP contribution in [0.4, 0.5) is 17.5 Å². The first-order valence-corrected chi connectivity index (χ1v) is 27.7. The van der Waals surface area contributed by atoms with Crippen LogP contribution in [0, 0.1) is 19.3 Å². The summed E-state index contributed by atoms with van der Waals surface area (Å²) in [5, 5.41) is 23.1. The average molecular weight is 1060 g/mol. The van der Waals surface area contributed by atoms with Crippen LogP contribution in [0.3, 0.4) is 0 Å². The second-order valence-electron chi connectivity index (χ2n) is 22.3. The lowest BCUT2D eigenvalue weighted by Crippen LogP contribution is -2.59. The summed E-state index contributed by atoms with van der Waals surface area (Å²) >= 11 is 0. The molecule has 2 fully saturated rings. The van der Waals surface area contributed by atoms with Crippen molar-refractivity contribution < 1.29 is 32.3 Å². The number of aromatic amines is 1. The fourth-order valence-electron chi connectivity index (χ4n) is 9.88. The molecule has 22 heteroatoms. The Morgan fingerprint density at radius 3 is 2.34 bits per heavy atom. The number of likely N-dealkylation sites (tertiary alicyclic amines) is 1. The van der Waals surface area contributed by atoms with Gasteiger partial charge >= 0.3 is 0 Å². The highest BCUT2D eigenvalue weighted by molar-refractivity contribution is 7.92. The highest BCUT2D eigenvalue weighted by Gasteiger charge is 2.46. The topological polar surface area (TPSA) is 262 Å². The Morgan fingerprint density at radius 1 is 0.921 bits per heavy atom. The van der Waals surface area contributed by atoms with Gasteiger partial charge in [-0.3, -0.25) is 29.2 Å². The van der Waals surface area contributed by atoms with Gasteiger partial charge in [0.1, 0.15) is 46.4 Å². The molecular formula is C54H74N14O7S. The molecule has 0 saturated carbocycles. The second-order valence-corrected chi connectivity index (χ2v) is 24.9. The molecule has 2 aromatic carbocycles. The number of nitrogens with zero attached hydrogens (tertiary/aromatic N) is 8. The van der Waals surface area contributed by atoms with Crippen molar-refractivity contribution in [3.05, 3.63) is 83.2 Å². The van der Waals surface area contributed by atoms with E-state index in [1.54, 1.807) is 53.1 Å². The van der Waals surface area contributed by atoms with E-state index in [2.05, 4.69) is 72.6 Å². The van der Waals surface area contributed by atoms with E-state index in [-0.39, 0.29) is 53.8 Å². The molecule has 0 radical (unpaired) electrons. The van der Waals surface area contributed by atoms with Gasteiger partial charge in [0.15, 0.2) is 15.7 Å². The van der Waals surface area contributed by atoms with Crippen molar-refractivity contribution >= 4 is 61.8 Å². The summed E-state index contributed by atoms with van der Waals surface area (Å²) in [6.07, 6.45) is 7.86. The lowest BCUT2D eigenvalue weighted by Gasteiger charge is -2.36. The fourth-order valence-corrected chi connectivity index (χ4v) is 11.2. The maximum Gasteiger partial charge on any atom is 0.271 e. The number of nitrogens with one attached hydrogen (secondary N) is 6. The summed E-state index contributed by atoms with van der Waals surface area (Å²) in [5.74, 6) is 0.344. The third-order valence-corrected chi connectivity index (χ3v) is 17.4. The Kier molecular flexibility index (Phi) is 16.7. The zero-order valence-corrected chi connectivity index (χ0v) is 46.2. The predicted molar refractivity (Wildman–Crippen MR) is 290 cm³/mol. The van der Waals surface area contributed by atoms with E-state index in [0.717, 1.165) is 49.2 Å². The molecule has 5 heterocycles. The van der Waals surface area contributed by atoms with Crippen LogP contribution in [0.1, 0.15) is 113 Å². The van der Waals surface area contributed by atoms with E-state index in [1.165, 1.54) is 23.0 Å². The number of amides is 4. The van der Waals surface area contributed by atoms with Crippen LogP contribution in [-0.4, -0.2) is 154 Å². The number of carbonyl (C=O) groups excluding carboxylic acids is 4. The van der Waals surface area contributed by atoms with Crippen molar-refractivity contribution in [2.75, 3.05) is 63.1 Å². The monoisotopic (exact) mass is 1060 g/mol. The lowest BCUT2D eigenvalue weighted by molar-refractivity contribution is -0.144. The van der Waals surface area contributed by atoms with Crippen molar-refractivity contribution in [3.63, 3.8) is 0 Å². The van der Waals surface area contributed by atoms with Gasteiger partial charge < -0.3 is 41.1 Å². The van der Waals surface area contributed by atoms with E-state index in [0.29, 0.717) is 54.4 Å². The first-order chi connectivity index (χ1) is 36.0. The molecule has 0 spiro atoms. The standard InChI is InChI=1S/C54H74N14O7S/c1-32-33(2)64-65-47(32)63-48-38-26-44(76(73,74)54(7,8)9)43(27-40(38)58-31-59-48)75-24-14-19-66-20-22-67(23-21-66)45-29-56-41(28-57-45)50(70)60-36-25-42(51(71)61-39-18-13-16-35-15-11-12-17-37(35)39)68(30-36)52(72)46(53(4,5)6)62-49(69)34(3)55-10/h11-12,15,17,26-29,31,34,36,39,42,46,55H,13-14,16,18-25,30H2,1-10H3,(H,60,70)(H,61,71)(H,62,69)(H2,58,59,63,64,65). The van der Waals surface area contributed by atoms with Crippen LogP contribution < -0.4 is 36.2 Å². The van der Waals surface area contributed by atoms with Gasteiger partial charge in [-0.1, -0.05) is 45.0 Å². The number of aromatic nitrogens is 6. The Hall–Kier alpha value is -6.78. The molecule has 4 amide bonds. The smallest absolute Gasteiger partial charge is 0.271 e. The average Bonchev–Trinajstić information content (AvgIpc) is 3.96. The van der Waals surface area contributed by atoms with Gasteiger partial charge in [0.05, 0.1) is 41.3 Å². The summed E-state index contributed by atoms with van der Waals surface area (Å²) in [5.41, 5.74) is 4.00.